The molecule has 1 aliphatic rings. The number of morpholine rings is 1. The van der Waals surface area contributed by atoms with Gasteiger partial charge in [-0.25, -0.2) is 9.59 Å². The summed E-state index contributed by atoms with van der Waals surface area (Å²) in [6.07, 6.45) is 8.17. The van der Waals surface area contributed by atoms with E-state index in [9.17, 15) is 19.2 Å². The number of benzene rings is 1. The Balaban J connectivity index is 0.000000780. The second-order valence-corrected chi connectivity index (χ2v) is 5.17. The van der Waals surface area contributed by atoms with E-state index >= 15 is 0 Å². The van der Waals surface area contributed by atoms with Crippen LogP contribution in [0.5, 0.6) is 5.75 Å². The van der Waals surface area contributed by atoms with Crippen molar-refractivity contribution in [1.29, 1.82) is 0 Å². The van der Waals surface area contributed by atoms with Crippen LogP contribution in [0.15, 0.2) is 24.3 Å². The number of carboxylic acids is 2. The zero-order valence-corrected chi connectivity index (χ0v) is 15.1. The number of hydrogen-bond donors (Lipinski definition) is 3. The lowest BCUT2D eigenvalue weighted by Gasteiger charge is -2.25. The SMILES string of the molecule is C#C.NC(=O)C(=O)O.O=C(O)CCc1ccc(OC(=O)N2CCOCC2)cc1. The minimum Gasteiger partial charge on any atom is -0.481 e. The number of aryl methyl sites for hydroxylation is 1. The number of carbonyl (C=O) groups excluding carboxylic acids is 2. The molecule has 152 valence electrons. The Hall–Kier alpha value is -3.58. The van der Waals surface area contributed by atoms with E-state index in [1.165, 1.54) is 0 Å². The van der Waals surface area contributed by atoms with Gasteiger partial charge in [-0.2, -0.15) is 0 Å². The highest BCUT2D eigenvalue weighted by molar-refractivity contribution is 6.30. The molecule has 4 N–H and O–H groups in total. The molecule has 0 aliphatic carbocycles. The van der Waals surface area contributed by atoms with Gasteiger partial charge in [-0.3, -0.25) is 9.59 Å². The van der Waals surface area contributed by atoms with Crippen molar-refractivity contribution in [3.05, 3.63) is 29.8 Å². The van der Waals surface area contributed by atoms with Crippen LogP contribution < -0.4 is 10.5 Å². The number of nitrogens with zero attached hydrogens (tertiary/aromatic N) is 1. The molecular formula is C18H22N2O8. The summed E-state index contributed by atoms with van der Waals surface area (Å²) in [5.41, 5.74) is 5.10. The fraction of sp³-hybridized carbons (Fsp3) is 0.333. The number of rotatable bonds is 4. The summed E-state index contributed by atoms with van der Waals surface area (Å²) in [5.74, 6) is -3.29. The fourth-order valence-electron chi connectivity index (χ4n) is 1.89. The van der Waals surface area contributed by atoms with Gasteiger partial charge in [0, 0.05) is 19.5 Å². The van der Waals surface area contributed by atoms with Gasteiger partial charge in [-0.15, -0.1) is 12.8 Å². The Morgan fingerprint density at radius 3 is 2.00 bits per heavy atom. The number of nitrogens with two attached hydrogens (primary N) is 1. The van der Waals surface area contributed by atoms with E-state index in [0.29, 0.717) is 38.5 Å². The predicted octanol–water partition coefficient (Wildman–Crippen LogP) is 0.341. The van der Waals surface area contributed by atoms with Gasteiger partial charge in [0.25, 0.3) is 0 Å². The molecule has 0 spiro atoms. The zero-order chi connectivity index (χ0) is 21.5. The maximum Gasteiger partial charge on any atom is 0.415 e. The molecule has 1 aromatic rings. The van der Waals surface area contributed by atoms with Crippen LogP contribution in [0.4, 0.5) is 4.79 Å². The molecule has 0 radical (unpaired) electrons. The summed E-state index contributed by atoms with van der Waals surface area (Å²) in [6, 6.07) is 6.89. The summed E-state index contributed by atoms with van der Waals surface area (Å²) in [4.78, 5) is 42.5. The highest BCUT2D eigenvalue weighted by Gasteiger charge is 2.18. The summed E-state index contributed by atoms with van der Waals surface area (Å²) < 4.78 is 10.4. The number of aliphatic carboxylic acids is 2. The third kappa shape index (κ3) is 10.4. The third-order valence-corrected chi connectivity index (χ3v) is 3.24. The first-order chi connectivity index (χ1) is 13.3. The van der Waals surface area contributed by atoms with E-state index in [-0.39, 0.29) is 12.5 Å². The van der Waals surface area contributed by atoms with E-state index < -0.39 is 17.8 Å². The largest absolute Gasteiger partial charge is 0.481 e. The van der Waals surface area contributed by atoms with E-state index in [4.69, 9.17) is 19.7 Å². The quantitative estimate of drug-likeness (QED) is 0.487. The molecule has 2 rings (SSSR count). The van der Waals surface area contributed by atoms with Gasteiger partial charge in [-0.1, -0.05) is 12.1 Å². The maximum atomic E-state index is 11.8. The molecule has 0 saturated carbocycles. The molecule has 0 atom stereocenters. The van der Waals surface area contributed by atoms with Crippen LogP contribution in [0.25, 0.3) is 0 Å². The zero-order valence-electron chi connectivity index (χ0n) is 15.1. The van der Waals surface area contributed by atoms with Crippen molar-refractivity contribution in [2.75, 3.05) is 26.3 Å². The molecule has 10 heteroatoms. The van der Waals surface area contributed by atoms with E-state index in [0.717, 1.165) is 5.56 Å². The maximum absolute atomic E-state index is 11.8. The number of carbonyl (C=O) groups is 4. The number of primary amides is 1. The molecule has 1 aromatic carbocycles. The molecule has 1 aliphatic heterocycles. The molecule has 1 saturated heterocycles. The Bertz CT molecular complexity index is 667. The minimum atomic E-state index is -1.60. The summed E-state index contributed by atoms with van der Waals surface area (Å²) >= 11 is 0. The van der Waals surface area contributed by atoms with Crippen LogP contribution in [0, 0.1) is 12.8 Å². The summed E-state index contributed by atoms with van der Waals surface area (Å²) in [5, 5.41) is 16.1. The lowest BCUT2D eigenvalue weighted by Crippen LogP contribution is -2.42. The van der Waals surface area contributed by atoms with Crippen molar-refractivity contribution in [1.82, 2.24) is 4.90 Å². The summed E-state index contributed by atoms with van der Waals surface area (Å²) in [6.45, 7) is 2.14. The van der Waals surface area contributed by atoms with E-state index in [1.54, 1.807) is 29.2 Å². The third-order valence-electron chi connectivity index (χ3n) is 3.24. The standard InChI is InChI=1S/C14H17NO5.C2H3NO3.C2H2/c16-13(17)6-3-11-1-4-12(5-2-11)20-14(18)15-7-9-19-10-8-15;3-1(4)2(5)6;1-2/h1-2,4-5H,3,6-10H2,(H,16,17);(H2,3,4)(H,5,6);1-2H. The van der Waals surface area contributed by atoms with Crippen molar-refractivity contribution < 1.29 is 38.9 Å². The van der Waals surface area contributed by atoms with Crippen LogP contribution in [0.3, 0.4) is 0 Å². The Morgan fingerprint density at radius 2 is 1.57 bits per heavy atom. The average Bonchev–Trinajstić information content (AvgIpc) is 2.70. The monoisotopic (exact) mass is 394 g/mol. The van der Waals surface area contributed by atoms with Gasteiger partial charge < -0.3 is 30.3 Å². The normalized spacial score (nSPS) is 12.3. The number of amides is 2. The van der Waals surface area contributed by atoms with Gasteiger partial charge in [0.15, 0.2) is 0 Å². The number of terminal acetylenes is 1. The minimum absolute atomic E-state index is 0.0902. The fourth-order valence-corrected chi connectivity index (χ4v) is 1.89. The van der Waals surface area contributed by atoms with Gasteiger partial charge in [-0.05, 0) is 24.1 Å². The molecule has 1 heterocycles. The van der Waals surface area contributed by atoms with Crippen LogP contribution in [0.1, 0.15) is 12.0 Å². The van der Waals surface area contributed by atoms with Crippen LogP contribution in [-0.4, -0.2) is 65.4 Å². The molecule has 0 bridgehead atoms. The topological polar surface area (TPSA) is 156 Å². The van der Waals surface area contributed by atoms with Crippen molar-refractivity contribution in [3.63, 3.8) is 0 Å². The highest BCUT2D eigenvalue weighted by Crippen LogP contribution is 2.15. The molecule has 0 unspecified atom stereocenters. The molecule has 10 nitrogen and oxygen atoms in total. The lowest BCUT2D eigenvalue weighted by atomic mass is 10.1. The van der Waals surface area contributed by atoms with Crippen LogP contribution >= 0.6 is 0 Å². The Morgan fingerprint density at radius 1 is 1.07 bits per heavy atom. The first-order valence-electron chi connectivity index (χ1n) is 8.01. The van der Waals surface area contributed by atoms with E-state index in [1.807, 2.05) is 0 Å². The van der Waals surface area contributed by atoms with Crippen molar-refractivity contribution in [2.45, 2.75) is 12.8 Å². The van der Waals surface area contributed by atoms with Crippen molar-refractivity contribution in [2.24, 2.45) is 5.73 Å². The van der Waals surface area contributed by atoms with Gasteiger partial charge in [0.2, 0.25) is 0 Å². The van der Waals surface area contributed by atoms with Crippen LogP contribution in [0.2, 0.25) is 0 Å². The van der Waals surface area contributed by atoms with E-state index in [2.05, 4.69) is 18.6 Å². The second kappa shape index (κ2) is 13.6. The number of carboxylic acid groups (broad SMARTS) is 2. The molecular weight excluding hydrogens is 372 g/mol. The molecule has 0 aromatic heterocycles. The lowest BCUT2D eigenvalue weighted by molar-refractivity contribution is -0.148. The first kappa shape index (κ1) is 24.4. The molecule has 28 heavy (non-hydrogen) atoms. The molecule has 1 fully saturated rings. The Kier molecular flexibility index (Phi) is 11.9. The molecule has 2 amide bonds. The van der Waals surface area contributed by atoms with Gasteiger partial charge >= 0.3 is 23.9 Å². The average molecular weight is 394 g/mol. The van der Waals surface area contributed by atoms with Crippen LogP contribution in [-0.2, 0) is 25.5 Å². The van der Waals surface area contributed by atoms with Crippen molar-refractivity contribution in [3.8, 4) is 18.6 Å². The van der Waals surface area contributed by atoms with Gasteiger partial charge in [0.1, 0.15) is 5.75 Å². The Labute approximate surface area is 161 Å². The highest BCUT2D eigenvalue weighted by atomic mass is 16.6. The summed E-state index contributed by atoms with van der Waals surface area (Å²) in [7, 11) is 0. The smallest absolute Gasteiger partial charge is 0.415 e. The van der Waals surface area contributed by atoms with Gasteiger partial charge in [0.05, 0.1) is 13.2 Å². The van der Waals surface area contributed by atoms with Crippen molar-refractivity contribution >= 4 is 23.9 Å². The number of hydrogen-bond acceptors (Lipinski definition) is 6. The number of ether oxygens (including phenoxy) is 2. The predicted molar refractivity (Wildman–Crippen MR) is 97.5 cm³/mol. The second-order valence-electron chi connectivity index (χ2n) is 5.17. The first-order valence-corrected chi connectivity index (χ1v) is 8.01.